The molecule has 0 bridgehead atoms. The van der Waals surface area contributed by atoms with Crippen molar-refractivity contribution in [2.45, 2.75) is 57.7 Å². The van der Waals surface area contributed by atoms with Gasteiger partial charge in [0.15, 0.2) is 6.61 Å². The predicted octanol–water partition coefficient (Wildman–Crippen LogP) is 1.19. The van der Waals surface area contributed by atoms with Gasteiger partial charge in [0.2, 0.25) is 0 Å². The van der Waals surface area contributed by atoms with E-state index in [4.69, 9.17) is 9.94 Å². The summed E-state index contributed by atoms with van der Waals surface area (Å²) in [6.45, 7) is 1.71. The molecule has 0 saturated heterocycles. The van der Waals surface area contributed by atoms with Crippen LogP contribution in [0.25, 0.3) is 0 Å². The van der Waals surface area contributed by atoms with Crippen LogP contribution in [0.15, 0.2) is 11.3 Å². The number of carbonyl (C=O) groups is 1. The molecule has 0 radical (unpaired) electrons. The van der Waals surface area contributed by atoms with Crippen LogP contribution in [-0.2, 0) is 9.63 Å². The second-order valence-corrected chi connectivity index (χ2v) is 6.20. The molecule has 4 atom stereocenters. The maximum absolute atomic E-state index is 10.4. The van der Waals surface area contributed by atoms with Crippen molar-refractivity contribution in [1.29, 1.82) is 0 Å². The van der Waals surface area contributed by atoms with Crippen molar-refractivity contribution in [3.63, 3.8) is 0 Å². The second-order valence-electron chi connectivity index (χ2n) is 6.20. The summed E-state index contributed by atoms with van der Waals surface area (Å²) in [5, 5.41) is 28.5. The Balaban J connectivity index is 1.85. The summed E-state index contributed by atoms with van der Waals surface area (Å²) in [6.07, 6.45) is 3.88. The fraction of sp³-hybridized carbons (Fsp3) is 0.706. The summed E-state index contributed by atoms with van der Waals surface area (Å²) < 4.78 is 0. The average molecular weight is 323 g/mol. The van der Waals surface area contributed by atoms with Crippen LogP contribution in [0.2, 0.25) is 0 Å². The monoisotopic (exact) mass is 323 g/mol. The third-order valence-corrected chi connectivity index (χ3v) is 4.43. The standard InChI is InChI=1S/C17H25NO5/c1-2-3-4-5-11(19)6-7-12-13-8-15(14(13)9-16(12)20)18-23-10-17(21)22/h11-13,16,18-20H,2-5,8-10H2,1H3,(H,21,22). The van der Waals surface area contributed by atoms with Crippen molar-refractivity contribution >= 4 is 5.97 Å². The van der Waals surface area contributed by atoms with Gasteiger partial charge in [-0.3, -0.25) is 10.3 Å². The molecule has 1 saturated carbocycles. The van der Waals surface area contributed by atoms with Crippen LogP contribution in [0.5, 0.6) is 0 Å². The lowest BCUT2D eigenvalue weighted by atomic mass is 9.79. The van der Waals surface area contributed by atoms with Crippen LogP contribution in [-0.4, -0.2) is 40.1 Å². The molecule has 0 aromatic heterocycles. The number of hydrogen-bond acceptors (Lipinski definition) is 5. The van der Waals surface area contributed by atoms with Crippen molar-refractivity contribution in [3.05, 3.63) is 11.3 Å². The Morgan fingerprint density at radius 2 is 2.22 bits per heavy atom. The van der Waals surface area contributed by atoms with Crippen molar-refractivity contribution in [2.75, 3.05) is 6.61 Å². The van der Waals surface area contributed by atoms with Gasteiger partial charge >= 0.3 is 5.97 Å². The van der Waals surface area contributed by atoms with E-state index in [0.717, 1.165) is 30.5 Å². The summed E-state index contributed by atoms with van der Waals surface area (Å²) in [7, 11) is 0. The lowest BCUT2D eigenvalue weighted by Crippen LogP contribution is -2.30. The van der Waals surface area contributed by atoms with Gasteiger partial charge in [-0.1, -0.05) is 31.6 Å². The molecule has 0 spiro atoms. The number of aliphatic hydroxyl groups is 2. The molecule has 1 fully saturated rings. The zero-order chi connectivity index (χ0) is 16.8. The maximum Gasteiger partial charge on any atom is 0.332 e. The highest BCUT2D eigenvalue weighted by atomic mass is 16.7. The highest BCUT2D eigenvalue weighted by Gasteiger charge is 2.45. The normalized spacial score (nSPS) is 26.8. The van der Waals surface area contributed by atoms with E-state index in [1.54, 1.807) is 0 Å². The Morgan fingerprint density at radius 1 is 1.43 bits per heavy atom. The summed E-state index contributed by atoms with van der Waals surface area (Å²) >= 11 is 0. The number of aliphatic carboxylic acids is 1. The fourth-order valence-electron chi connectivity index (χ4n) is 3.15. The Labute approximate surface area is 136 Å². The Bertz CT molecular complexity index is 519. The number of allylic oxidation sites excluding steroid dienone is 1. The van der Waals surface area contributed by atoms with E-state index in [1.807, 2.05) is 0 Å². The number of hydroxylamine groups is 1. The smallest absolute Gasteiger partial charge is 0.332 e. The predicted molar refractivity (Wildman–Crippen MR) is 83.9 cm³/mol. The second kappa shape index (κ2) is 8.34. The van der Waals surface area contributed by atoms with Crippen LogP contribution in [0.4, 0.5) is 0 Å². The largest absolute Gasteiger partial charge is 0.479 e. The van der Waals surface area contributed by atoms with Gasteiger partial charge in [0.05, 0.1) is 12.0 Å². The zero-order valence-electron chi connectivity index (χ0n) is 13.4. The van der Waals surface area contributed by atoms with E-state index in [1.165, 1.54) is 0 Å². The first kappa shape index (κ1) is 17.8. The summed E-state index contributed by atoms with van der Waals surface area (Å²) in [5.74, 6) is 4.89. The van der Waals surface area contributed by atoms with E-state index in [-0.39, 0.29) is 11.8 Å². The molecule has 0 heterocycles. The lowest BCUT2D eigenvalue weighted by Gasteiger charge is -2.30. The number of aliphatic hydroxyl groups excluding tert-OH is 2. The van der Waals surface area contributed by atoms with E-state index in [2.05, 4.69) is 24.2 Å². The van der Waals surface area contributed by atoms with Crippen molar-refractivity contribution < 1.29 is 25.0 Å². The van der Waals surface area contributed by atoms with Gasteiger partial charge in [-0.2, -0.15) is 0 Å². The lowest BCUT2D eigenvalue weighted by molar-refractivity contribution is -0.144. The van der Waals surface area contributed by atoms with E-state index in [0.29, 0.717) is 19.3 Å². The van der Waals surface area contributed by atoms with Gasteiger partial charge in [-0.15, -0.1) is 0 Å². The molecule has 128 valence electrons. The summed E-state index contributed by atoms with van der Waals surface area (Å²) in [5.41, 5.74) is 4.56. The number of rotatable bonds is 8. The van der Waals surface area contributed by atoms with Crippen LogP contribution in [0, 0.1) is 23.7 Å². The number of carboxylic acid groups (broad SMARTS) is 1. The first-order valence-corrected chi connectivity index (χ1v) is 8.21. The number of unbranched alkanes of at least 4 members (excludes halogenated alkanes) is 2. The van der Waals surface area contributed by atoms with Crippen molar-refractivity contribution in [3.8, 4) is 11.8 Å². The number of fused-ring (bicyclic) bond motifs is 1. The number of hydrogen-bond donors (Lipinski definition) is 4. The van der Waals surface area contributed by atoms with Gasteiger partial charge in [0, 0.05) is 11.6 Å². The molecule has 4 N–H and O–H groups in total. The third-order valence-electron chi connectivity index (χ3n) is 4.43. The summed E-state index contributed by atoms with van der Waals surface area (Å²) in [6, 6.07) is 0. The van der Waals surface area contributed by atoms with Crippen molar-refractivity contribution in [2.24, 2.45) is 11.8 Å². The Hall–Kier alpha value is -1.55. The molecular weight excluding hydrogens is 298 g/mol. The van der Waals surface area contributed by atoms with Crippen molar-refractivity contribution in [1.82, 2.24) is 5.48 Å². The minimum Gasteiger partial charge on any atom is -0.479 e. The van der Waals surface area contributed by atoms with Crippen LogP contribution < -0.4 is 5.48 Å². The minimum atomic E-state index is -1.04. The molecule has 2 aliphatic carbocycles. The Morgan fingerprint density at radius 3 is 2.91 bits per heavy atom. The SMILES string of the molecule is CCCCCC(O)C#CC1C(O)CC2=C(NOCC(=O)O)CC21. The van der Waals surface area contributed by atoms with Gasteiger partial charge in [-0.05, 0) is 31.3 Å². The molecule has 23 heavy (non-hydrogen) atoms. The highest BCUT2D eigenvalue weighted by Crippen LogP contribution is 2.48. The van der Waals surface area contributed by atoms with Gasteiger partial charge in [0.1, 0.15) is 6.10 Å². The summed E-state index contributed by atoms with van der Waals surface area (Å²) in [4.78, 5) is 15.3. The molecule has 2 rings (SSSR count). The average Bonchev–Trinajstić information content (AvgIpc) is 2.73. The number of carboxylic acids is 1. The topological polar surface area (TPSA) is 99.0 Å². The fourth-order valence-corrected chi connectivity index (χ4v) is 3.15. The zero-order valence-corrected chi connectivity index (χ0v) is 13.4. The molecule has 2 aliphatic rings. The van der Waals surface area contributed by atoms with Crippen LogP contribution in [0.1, 0.15) is 45.4 Å². The molecule has 0 amide bonds. The van der Waals surface area contributed by atoms with Crippen LogP contribution in [0.3, 0.4) is 0 Å². The maximum atomic E-state index is 10.4. The molecule has 0 aliphatic heterocycles. The first-order chi connectivity index (χ1) is 11.0. The number of nitrogens with one attached hydrogen (secondary N) is 1. The highest BCUT2D eigenvalue weighted by molar-refractivity contribution is 5.67. The Kier molecular flexibility index (Phi) is 6.46. The van der Waals surface area contributed by atoms with E-state index < -0.39 is 24.8 Å². The molecule has 0 aromatic rings. The van der Waals surface area contributed by atoms with Crippen LogP contribution >= 0.6 is 0 Å². The quantitative estimate of drug-likeness (QED) is 0.304. The third kappa shape index (κ3) is 4.71. The first-order valence-electron chi connectivity index (χ1n) is 8.21. The molecular formula is C17H25NO5. The minimum absolute atomic E-state index is 0.157. The molecule has 6 nitrogen and oxygen atoms in total. The molecule has 4 unspecified atom stereocenters. The van der Waals surface area contributed by atoms with Gasteiger partial charge in [0.25, 0.3) is 0 Å². The van der Waals surface area contributed by atoms with Gasteiger partial charge in [-0.25, -0.2) is 4.79 Å². The van der Waals surface area contributed by atoms with E-state index in [9.17, 15) is 15.0 Å². The molecule has 6 heteroatoms. The van der Waals surface area contributed by atoms with Gasteiger partial charge < -0.3 is 15.3 Å². The van der Waals surface area contributed by atoms with E-state index >= 15 is 0 Å². The molecule has 0 aromatic carbocycles.